The predicted octanol–water partition coefficient (Wildman–Crippen LogP) is 4.13. The van der Waals surface area contributed by atoms with E-state index in [0.29, 0.717) is 5.54 Å². The molecule has 17 heavy (non-hydrogen) atoms. The molecule has 0 aromatic rings. The molecule has 0 saturated heterocycles. The number of nitrogens with one attached hydrogen (secondary N) is 1. The van der Waals surface area contributed by atoms with Crippen molar-refractivity contribution in [1.29, 1.82) is 0 Å². The third-order valence-corrected chi connectivity index (χ3v) is 5.57. The van der Waals surface area contributed by atoms with Crippen LogP contribution in [0, 0.1) is 17.8 Å². The Morgan fingerprint density at radius 1 is 0.882 bits per heavy atom. The zero-order valence-corrected chi connectivity index (χ0v) is 11.5. The van der Waals surface area contributed by atoms with Crippen molar-refractivity contribution in [3.8, 4) is 0 Å². The predicted molar refractivity (Wildman–Crippen MR) is 73.0 cm³/mol. The zero-order chi connectivity index (χ0) is 11.7. The van der Waals surface area contributed by atoms with Crippen LogP contribution in [0.25, 0.3) is 0 Å². The highest BCUT2D eigenvalue weighted by molar-refractivity contribution is 5.06. The lowest BCUT2D eigenvalue weighted by atomic mass is 9.53. The highest BCUT2D eigenvalue weighted by Crippen LogP contribution is 2.55. The van der Waals surface area contributed by atoms with Crippen LogP contribution in [-0.2, 0) is 0 Å². The lowest BCUT2D eigenvalue weighted by molar-refractivity contribution is -0.0196. The van der Waals surface area contributed by atoms with Gasteiger partial charge in [0.25, 0.3) is 0 Å². The molecule has 0 heterocycles. The van der Waals surface area contributed by atoms with Crippen LogP contribution < -0.4 is 5.32 Å². The van der Waals surface area contributed by atoms with Crippen LogP contribution in [0.4, 0.5) is 0 Å². The average molecular weight is 235 g/mol. The number of unbranched alkanes of at least 4 members (excludes halogenated alkanes) is 3. The van der Waals surface area contributed by atoms with Gasteiger partial charge >= 0.3 is 0 Å². The van der Waals surface area contributed by atoms with Crippen LogP contribution in [0.5, 0.6) is 0 Å². The third-order valence-electron chi connectivity index (χ3n) is 5.57. The Balaban J connectivity index is 1.49. The maximum atomic E-state index is 3.99. The fourth-order valence-corrected chi connectivity index (χ4v) is 5.23. The number of hydrogen-bond donors (Lipinski definition) is 1. The van der Waals surface area contributed by atoms with Gasteiger partial charge in [-0.15, -0.1) is 0 Å². The van der Waals surface area contributed by atoms with Gasteiger partial charge in [0, 0.05) is 5.54 Å². The van der Waals surface area contributed by atoms with E-state index in [4.69, 9.17) is 0 Å². The first-order valence-electron chi connectivity index (χ1n) is 8.05. The summed E-state index contributed by atoms with van der Waals surface area (Å²) in [6.45, 7) is 3.58. The van der Waals surface area contributed by atoms with Crippen molar-refractivity contribution in [2.75, 3.05) is 6.54 Å². The lowest BCUT2D eigenvalue weighted by Gasteiger charge is -2.57. The van der Waals surface area contributed by atoms with Gasteiger partial charge in [-0.25, -0.2) is 0 Å². The molecule has 0 aromatic carbocycles. The summed E-state index contributed by atoms with van der Waals surface area (Å²) in [5.74, 6) is 3.26. The highest BCUT2D eigenvalue weighted by Gasteiger charge is 2.50. The van der Waals surface area contributed by atoms with E-state index < -0.39 is 0 Å². The second-order valence-corrected chi connectivity index (χ2v) is 7.19. The van der Waals surface area contributed by atoms with Crippen LogP contribution in [0.3, 0.4) is 0 Å². The molecule has 1 heteroatoms. The van der Waals surface area contributed by atoms with Gasteiger partial charge in [0.05, 0.1) is 0 Å². The molecule has 4 saturated carbocycles. The molecule has 0 amide bonds. The summed E-state index contributed by atoms with van der Waals surface area (Å²) in [6, 6.07) is 0. The Hall–Kier alpha value is -0.0400. The van der Waals surface area contributed by atoms with Crippen LogP contribution >= 0.6 is 0 Å². The van der Waals surface area contributed by atoms with Gasteiger partial charge in [-0.1, -0.05) is 26.2 Å². The first-order chi connectivity index (χ1) is 8.30. The van der Waals surface area contributed by atoms with E-state index in [9.17, 15) is 0 Å². The van der Waals surface area contributed by atoms with Crippen molar-refractivity contribution < 1.29 is 0 Å². The SMILES string of the molecule is CCCCCCNC12CC3CC(CC(C3)C1)C2. The maximum absolute atomic E-state index is 3.99. The van der Waals surface area contributed by atoms with Crippen LogP contribution in [-0.4, -0.2) is 12.1 Å². The van der Waals surface area contributed by atoms with E-state index in [1.807, 2.05) is 0 Å². The quantitative estimate of drug-likeness (QED) is 0.683. The smallest absolute Gasteiger partial charge is 0.0189 e. The Morgan fingerprint density at radius 2 is 1.47 bits per heavy atom. The standard InChI is InChI=1S/C16H29N/c1-2-3-4-5-6-17-16-10-13-7-14(11-16)9-15(8-13)12-16/h13-15,17H,2-12H2,1H3. The summed E-state index contributed by atoms with van der Waals surface area (Å²) in [5, 5.41) is 3.99. The van der Waals surface area contributed by atoms with Crippen molar-refractivity contribution in [2.24, 2.45) is 17.8 Å². The van der Waals surface area contributed by atoms with Gasteiger partial charge in [-0.05, 0) is 69.2 Å². The van der Waals surface area contributed by atoms with Crippen molar-refractivity contribution in [3.05, 3.63) is 0 Å². The molecular formula is C16H29N. The van der Waals surface area contributed by atoms with Crippen molar-refractivity contribution >= 4 is 0 Å². The molecule has 1 nitrogen and oxygen atoms in total. The third kappa shape index (κ3) is 2.54. The van der Waals surface area contributed by atoms with Crippen molar-refractivity contribution in [2.45, 2.75) is 76.7 Å². The van der Waals surface area contributed by atoms with E-state index in [0.717, 1.165) is 17.8 Å². The van der Waals surface area contributed by atoms with Gasteiger partial charge < -0.3 is 5.32 Å². The molecule has 0 aliphatic heterocycles. The minimum Gasteiger partial charge on any atom is -0.311 e. The van der Waals surface area contributed by atoms with Crippen molar-refractivity contribution in [3.63, 3.8) is 0 Å². The monoisotopic (exact) mass is 235 g/mol. The summed E-state index contributed by atoms with van der Waals surface area (Å²) in [5.41, 5.74) is 0.598. The summed E-state index contributed by atoms with van der Waals surface area (Å²) >= 11 is 0. The van der Waals surface area contributed by atoms with Gasteiger partial charge in [-0.2, -0.15) is 0 Å². The molecule has 4 aliphatic carbocycles. The fourth-order valence-electron chi connectivity index (χ4n) is 5.23. The maximum Gasteiger partial charge on any atom is 0.0189 e. The number of rotatable bonds is 6. The second kappa shape index (κ2) is 4.91. The average Bonchev–Trinajstić information content (AvgIpc) is 2.26. The van der Waals surface area contributed by atoms with E-state index in [1.54, 1.807) is 19.3 Å². The van der Waals surface area contributed by atoms with Crippen molar-refractivity contribution in [1.82, 2.24) is 5.32 Å². The van der Waals surface area contributed by atoms with E-state index >= 15 is 0 Å². The van der Waals surface area contributed by atoms with Crippen LogP contribution in [0.15, 0.2) is 0 Å². The summed E-state index contributed by atoms with van der Waals surface area (Å²) in [6.07, 6.45) is 14.8. The molecule has 4 bridgehead atoms. The Labute approximate surface area is 107 Å². The molecule has 0 unspecified atom stereocenters. The summed E-state index contributed by atoms with van der Waals surface area (Å²) < 4.78 is 0. The molecule has 98 valence electrons. The number of hydrogen-bond acceptors (Lipinski definition) is 1. The summed E-state index contributed by atoms with van der Waals surface area (Å²) in [7, 11) is 0. The van der Waals surface area contributed by atoms with Gasteiger partial charge in [0.15, 0.2) is 0 Å². The molecule has 0 atom stereocenters. The second-order valence-electron chi connectivity index (χ2n) is 7.19. The lowest BCUT2D eigenvalue weighted by Crippen LogP contribution is -2.58. The molecule has 4 fully saturated rings. The van der Waals surface area contributed by atoms with Gasteiger partial charge in [0.1, 0.15) is 0 Å². The zero-order valence-electron chi connectivity index (χ0n) is 11.5. The Kier molecular flexibility index (Phi) is 3.47. The molecule has 4 rings (SSSR count). The Bertz CT molecular complexity index is 223. The first kappa shape index (κ1) is 12.0. The molecule has 1 N–H and O–H groups in total. The van der Waals surface area contributed by atoms with Gasteiger partial charge in [-0.3, -0.25) is 0 Å². The minimum atomic E-state index is 0.598. The fraction of sp³-hybridized carbons (Fsp3) is 1.00. The normalized spacial score (nSPS) is 43.2. The minimum absolute atomic E-state index is 0.598. The van der Waals surface area contributed by atoms with E-state index in [2.05, 4.69) is 12.2 Å². The van der Waals surface area contributed by atoms with Gasteiger partial charge in [0.2, 0.25) is 0 Å². The molecule has 0 spiro atoms. The molecule has 4 aliphatic rings. The molecular weight excluding hydrogens is 206 g/mol. The van der Waals surface area contributed by atoms with E-state index in [1.165, 1.54) is 51.5 Å². The highest BCUT2D eigenvalue weighted by atomic mass is 15.0. The Morgan fingerprint density at radius 3 is 2.00 bits per heavy atom. The topological polar surface area (TPSA) is 12.0 Å². The first-order valence-corrected chi connectivity index (χ1v) is 8.05. The van der Waals surface area contributed by atoms with Crippen LogP contribution in [0.1, 0.15) is 71.1 Å². The largest absolute Gasteiger partial charge is 0.311 e. The van der Waals surface area contributed by atoms with Crippen LogP contribution in [0.2, 0.25) is 0 Å². The molecule has 0 aromatic heterocycles. The summed E-state index contributed by atoms with van der Waals surface area (Å²) in [4.78, 5) is 0. The van der Waals surface area contributed by atoms with E-state index in [-0.39, 0.29) is 0 Å². The molecule has 0 radical (unpaired) electrons.